The highest BCUT2D eigenvalue weighted by Crippen LogP contribution is 2.61. The largest absolute Gasteiger partial charge is 0.330 e. The molecule has 2 N–H and O–H groups in total. The molecule has 4 saturated carbocycles. The number of nitrogens with zero attached hydrogens (tertiary/aromatic N) is 1. The molecule has 0 saturated heterocycles. The lowest BCUT2D eigenvalue weighted by atomic mass is 9.46. The second-order valence-corrected chi connectivity index (χ2v) is 5.83. The number of hydrogen-bond donors (Lipinski definition) is 1. The van der Waals surface area contributed by atoms with Crippen LogP contribution in [0.3, 0.4) is 0 Å². The summed E-state index contributed by atoms with van der Waals surface area (Å²) < 4.78 is 0. The van der Waals surface area contributed by atoms with Crippen LogP contribution in [0.1, 0.15) is 32.1 Å². The molecular formula is C12H18N2. The summed E-state index contributed by atoms with van der Waals surface area (Å²) in [6.45, 7) is 0.856. The SMILES string of the molecule is N#CC1C2CC3C[C@H]1CC(CN)(C3)C2. The summed E-state index contributed by atoms with van der Waals surface area (Å²) in [5, 5.41) is 9.17. The number of hydrogen-bond acceptors (Lipinski definition) is 2. The number of rotatable bonds is 1. The van der Waals surface area contributed by atoms with Crippen molar-refractivity contribution < 1.29 is 0 Å². The minimum Gasteiger partial charge on any atom is -0.330 e. The third-order valence-electron chi connectivity index (χ3n) is 4.98. The van der Waals surface area contributed by atoms with Crippen LogP contribution in [0.4, 0.5) is 0 Å². The van der Waals surface area contributed by atoms with Gasteiger partial charge in [0.1, 0.15) is 0 Å². The molecule has 4 rings (SSSR count). The van der Waals surface area contributed by atoms with E-state index in [1.807, 2.05) is 0 Å². The molecule has 0 aliphatic heterocycles. The molecular weight excluding hydrogens is 172 g/mol. The van der Waals surface area contributed by atoms with Crippen molar-refractivity contribution in [2.24, 2.45) is 34.8 Å². The van der Waals surface area contributed by atoms with E-state index in [9.17, 15) is 5.26 Å². The second kappa shape index (κ2) is 2.73. The predicted octanol–water partition coefficient (Wildman–Crippen LogP) is 1.91. The molecule has 0 aromatic heterocycles. The van der Waals surface area contributed by atoms with E-state index in [4.69, 9.17) is 5.73 Å². The summed E-state index contributed by atoms with van der Waals surface area (Å²) in [6, 6.07) is 2.55. The van der Waals surface area contributed by atoms with E-state index in [-0.39, 0.29) is 0 Å². The number of nitriles is 1. The lowest BCUT2D eigenvalue weighted by Crippen LogP contribution is -2.53. The molecule has 4 fully saturated rings. The first-order valence-corrected chi connectivity index (χ1v) is 5.86. The Kier molecular flexibility index (Phi) is 1.70. The Balaban J connectivity index is 1.92. The Bertz CT molecular complexity index is 275. The monoisotopic (exact) mass is 190 g/mol. The van der Waals surface area contributed by atoms with Gasteiger partial charge in [0.25, 0.3) is 0 Å². The minimum atomic E-state index is 0.367. The minimum absolute atomic E-state index is 0.367. The van der Waals surface area contributed by atoms with Crippen molar-refractivity contribution in [3.63, 3.8) is 0 Å². The topological polar surface area (TPSA) is 49.8 Å². The number of nitrogens with two attached hydrogens (primary N) is 1. The fourth-order valence-corrected chi connectivity index (χ4v) is 4.65. The van der Waals surface area contributed by atoms with Gasteiger partial charge in [-0.05, 0) is 61.8 Å². The van der Waals surface area contributed by atoms with Gasteiger partial charge in [-0.15, -0.1) is 0 Å². The van der Waals surface area contributed by atoms with Gasteiger partial charge in [0.05, 0.1) is 12.0 Å². The van der Waals surface area contributed by atoms with Gasteiger partial charge in [0, 0.05) is 0 Å². The lowest BCUT2D eigenvalue weighted by Gasteiger charge is -2.58. The molecule has 2 heteroatoms. The summed E-state index contributed by atoms with van der Waals surface area (Å²) in [7, 11) is 0. The first kappa shape index (κ1) is 8.73. The second-order valence-electron chi connectivity index (χ2n) is 5.83. The van der Waals surface area contributed by atoms with Gasteiger partial charge in [-0.2, -0.15) is 5.26 Å². The van der Waals surface area contributed by atoms with E-state index < -0.39 is 0 Å². The molecule has 0 amide bonds. The van der Waals surface area contributed by atoms with Crippen LogP contribution in [0.2, 0.25) is 0 Å². The summed E-state index contributed by atoms with van der Waals surface area (Å²) in [4.78, 5) is 0. The quantitative estimate of drug-likeness (QED) is 0.686. The Morgan fingerprint density at radius 2 is 1.86 bits per heavy atom. The van der Waals surface area contributed by atoms with E-state index in [2.05, 4.69) is 6.07 Å². The maximum absolute atomic E-state index is 9.17. The average Bonchev–Trinajstić information content (AvgIpc) is 2.17. The molecule has 14 heavy (non-hydrogen) atoms. The maximum Gasteiger partial charge on any atom is 0.0661 e. The first-order chi connectivity index (χ1) is 6.76. The van der Waals surface area contributed by atoms with Crippen LogP contribution >= 0.6 is 0 Å². The molecule has 0 radical (unpaired) electrons. The highest BCUT2D eigenvalue weighted by molar-refractivity contribution is 5.10. The van der Waals surface area contributed by atoms with Gasteiger partial charge in [-0.25, -0.2) is 0 Å². The summed E-state index contributed by atoms with van der Waals surface area (Å²) in [6.07, 6.45) is 6.48. The molecule has 0 spiro atoms. The Morgan fingerprint density at radius 3 is 2.36 bits per heavy atom. The highest BCUT2D eigenvalue weighted by atomic mass is 14.7. The smallest absolute Gasteiger partial charge is 0.0661 e. The molecule has 4 bridgehead atoms. The van der Waals surface area contributed by atoms with Crippen molar-refractivity contribution in [3.8, 4) is 6.07 Å². The highest BCUT2D eigenvalue weighted by Gasteiger charge is 2.54. The standard InChI is InChI=1S/C12H18N2/c13-6-11-9-1-8-2-10(11)5-12(3-8,4-9)7-14/h8-11H,1-5,7,14H2/t8?,9-,10?,11?,12?/m0/s1. The van der Waals surface area contributed by atoms with Gasteiger partial charge >= 0.3 is 0 Å². The van der Waals surface area contributed by atoms with Crippen LogP contribution in [-0.2, 0) is 0 Å². The van der Waals surface area contributed by atoms with Crippen molar-refractivity contribution >= 4 is 0 Å². The fourth-order valence-electron chi connectivity index (χ4n) is 4.65. The van der Waals surface area contributed by atoms with Crippen LogP contribution in [0.5, 0.6) is 0 Å². The third-order valence-corrected chi connectivity index (χ3v) is 4.98. The van der Waals surface area contributed by atoms with Gasteiger partial charge in [-0.3, -0.25) is 0 Å². The van der Waals surface area contributed by atoms with E-state index in [1.165, 1.54) is 32.1 Å². The molecule has 0 heterocycles. The Labute approximate surface area is 85.5 Å². The van der Waals surface area contributed by atoms with Crippen molar-refractivity contribution in [1.82, 2.24) is 0 Å². The predicted molar refractivity (Wildman–Crippen MR) is 54.1 cm³/mol. The zero-order valence-corrected chi connectivity index (χ0v) is 8.58. The van der Waals surface area contributed by atoms with Crippen molar-refractivity contribution in [2.75, 3.05) is 6.54 Å². The zero-order valence-electron chi connectivity index (χ0n) is 8.58. The lowest BCUT2D eigenvalue weighted by molar-refractivity contribution is -0.0724. The molecule has 4 unspecified atom stereocenters. The van der Waals surface area contributed by atoms with Crippen molar-refractivity contribution in [1.29, 1.82) is 5.26 Å². The van der Waals surface area contributed by atoms with E-state index in [0.29, 0.717) is 23.2 Å². The van der Waals surface area contributed by atoms with Crippen LogP contribution in [0, 0.1) is 40.4 Å². The maximum atomic E-state index is 9.17. The van der Waals surface area contributed by atoms with Crippen LogP contribution in [0.25, 0.3) is 0 Å². The molecule has 0 aromatic rings. The van der Waals surface area contributed by atoms with Gasteiger partial charge < -0.3 is 5.73 Å². The Morgan fingerprint density at radius 1 is 1.21 bits per heavy atom. The van der Waals surface area contributed by atoms with Gasteiger partial charge in [0.2, 0.25) is 0 Å². The van der Waals surface area contributed by atoms with Crippen molar-refractivity contribution in [3.05, 3.63) is 0 Å². The average molecular weight is 190 g/mol. The van der Waals surface area contributed by atoms with Gasteiger partial charge in [-0.1, -0.05) is 0 Å². The first-order valence-electron chi connectivity index (χ1n) is 5.86. The zero-order chi connectivity index (χ0) is 9.76. The molecule has 4 aliphatic rings. The fraction of sp³-hybridized carbons (Fsp3) is 0.917. The van der Waals surface area contributed by atoms with Gasteiger partial charge in [0.15, 0.2) is 0 Å². The molecule has 4 aliphatic carbocycles. The normalized spacial score (nSPS) is 54.6. The molecule has 76 valence electrons. The van der Waals surface area contributed by atoms with E-state index in [0.717, 1.165) is 12.5 Å². The molecule has 5 atom stereocenters. The summed E-state index contributed by atoms with van der Waals surface area (Å²) >= 11 is 0. The summed E-state index contributed by atoms with van der Waals surface area (Å²) in [5.41, 5.74) is 6.38. The van der Waals surface area contributed by atoms with E-state index in [1.54, 1.807) is 0 Å². The van der Waals surface area contributed by atoms with Crippen molar-refractivity contribution in [2.45, 2.75) is 32.1 Å². The van der Waals surface area contributed by atoms with E-state index >= 15 is 0 Å². The molecule has 2 nitrogen and oxygen atoms in total. The molecule has 0 aromatic carbocycles. The van der Waals surface area contributed by atoms with Crippen LogP contribution in [-0.4, -0.2) is 6.54 Å². The summed E-state index contributed by atoms with van der Waals surface area (Å²) in [5.74, 6) is 2.65. The Hall–Kier alpha value is -0.550. The van der Waals surface area contributed by atoms with Crippen LogP contribution < -0.4 is 5.73 Å². The third kappa shape index (κ3) is 0.995. The van der Waals surface area contributed by atoms with Crippen LogP contribution in [0.15, 0.2) is 0 Å².